The molecule has 20 heavy (non-hydrogen) atoms. The van der Waals surface area contributed by atoms with Crippen LogP contribution in [-0.4, -0.2) is 32.8 Å². The highest BCUT2D eigenvalue weighted by molar-refractivity contribution is 8.18. The van der Waals surface area contributed by atoms with Gasteiger partial charge in [-0.2, -0.15) is 0 Å². The SMILES string of the molecule is CCCCN1C(=O)S/C(=C\c2ccc(O)c(O)c2)C1=O. The van der Waals surface area contributed by atoms with Crippen molar-refractivity contribution in [1.82, 2.24) is 4.90 Å². The second-order valence-corrected chi connectivity index (χ2v) is 5.43. The number of rotatable bonds is 4. The number of phenolic OH excluding ortho intramolecular Hbond substituents is 2. The molecule has 1 aliphatic heterocycles. The molecule has 6 heteroatoms. The van der Waals surface area contributed by atoms with Crippen molar-refractivity contribution < 1.29 is 19.8 Å². The molecule has 0 spiro atoms. The lowest BCUT2D eigenvalue weighted by atomic mass is 10.2. The van der Waals surface area contributed by atoms with Gasteiger partial charge in [0, 0.05) is 6.54 Å². The van der Waals surface area contributed by atoms with Crippen LogP contribution >= 0.6 is 11.8 Å². The molecule has 0 aromatic heterocycles. The monoisotopic (exact) mass is 293 g/mol. The maximum absolute atomic E-state index is 12.1. The van der Waals surface area contributed by atoms with E-state index < -0.39 is 0 Å². The Kier molecular flexibility index (Phi) is 4.34. The molecule has 2 N–H and O–H groups in total. The lowest BCUT2D eigenvalue weighted by molar-refractivity contribution is -0.122. The van der Waals surface area contributed by atoms with Crippen molar-refractivity contribution in [2.45, 2.75) is 19.8 Å². The van der Waals surface area contributed by atoms with Crippen LogP contribution in [0.25, 0.3) is 6.08 Å². The van der Waals surface area contributed by atoms with Crippen LogP contribution in [0, 0.1) is 0 Å². The molecule has 0 bridgehead atoms. The van der Waals surface area contributed by atoms with E-state index >= 15 is 0 Å². The first-order valence-electron chi connectivity index (χ1n) is 6.30. The number of amides is 2. The van der Waals surface area contributed by atoms with Gasteiger partial charge in [0.15, 0.2) is 11.5 Å². The number of hydrogen-bond acceptors (Lipinski definition) is 5. The summed E-state index contributed by atoms with van der Waals surface area (Å²) in [6.45, 7) is 2.42. The van der Waals surface area contributed by atoms with Crippen LogP contribution in [0.5, 0.6) is 11.5 Å². The number of phenols is 2. The molecule has 0 saturated carbocycles. The zero-order chi connectivity index (χ0) is 14.7. The van der Waals surface area contributed by atoms with Gasteiger partial charge in [-0.1, -0.05) is 19.4 Å². The van der Waals surface area contributed by atoms with Crippen molar-refractivity contribution in [3.05, 3.63) is 28.7 Å². The maximum atomic E-state index is 12.1. The van der Waals surface area contributed by atoms with Crippen molar-refractivity contribution >= 4 is 29.0 Å². The highest BCUT2D eigenvalue weighted by Crippen LogP contribution is 2.33. The Morgan fingerprint density at radius 3 is 2.65 bits per heavy atom. The van der Waals surface area contributed by atoms with Gasteiger partial charge in [-0.05, 0) is 42.0 Å². The third-order valence-electron chi connectivity index (χ3n) is 2.91. The lowest BCUT2D eigenvalue weighted by Crippen LogP contribution is -2.29. The fourth-order valence-corrected chi connectivity index (χ4v) is 2.66. The molecule has 5 nitrogen and oxygen atoms in total. The Labute approximate surface area is 120 Å². The Balaban J connectivity index is 2.20. The first-order chi connectivity index (χ1) is 9.52. The predicted octanol–water partition coefficient (Wildman–Crippen LogP) is 2.93. The zero-order valence-corrected chi connectivity index (χ0v) is 11.8. The number of unbranched alkanes of at least 4 members (excludes halogenated alkanes) is 1. The first kappa shape index (κ1) is 14.5. The Morgan fingerprint density at radius 1 is 1.25 bits per heavy atom. The number of aromatic hydroxyl groups is 2. The van der Waals surface area contributed by atoms with Crippen molar-refractivity contribution in [3.8, 4) is 11.5 Å². The predicted molar refractivity (Wildman–Crippen MR) is 77.4 cm³/mol. The lowest BCUT2D eigenvalue weighted by Gasteiger charge is -2.10. The molecule has 2 amide bonds. The number of imide groups is 1. The second-order valence-electron chi connectivity index (χ2n) is 4.44. The van der Waals surface area contributed by atoms with Crippen LogP contribution in [0.3, 0.4) is 0 Å². The largest absolute Gasteiger partial charge is 0.504 e. The number of carbonyl (C=O) groups is 2. The van der Waals surface area contributed by atoms with Gasteiger partial charge in [0.1, 0.15) is 0 Å². The van der Waals surface area contributed by atoms with Crippen LogP contribution < -0.4 is 0 Å². The molecule has 106 valence electrons. The summed E-state index contributed by atoms with van der Waals surface area (Å²) < 4.78 is 0. The normalized spacial score (nSPS) is 17.2. The quantitative estimate of drug-likeness (QED) is 0.659. The average molecular weight is 293 g/mol. The second kappa shape index (κ2) is 6.00. The number of thioether (sulfide) groups is 1. The minimum Gasteiger partial charge on any atom is -0.504 e. The molecule has 1 aromatic rings. The van der Waals surface area contributed by atoms with Crippen molar-refractivity contribution in [2.24, 2.45) is 0 Å². The molecule has 0 atom stereocenters. The molecule has 0 radical (unpaired) electrons. The molecule has 1 fully saturated rings. The summed E-state index contributed by atoms with van der Waals surface area (Å²) >= 11 is 0.892. The van der Waals surface area contributed by atoms with E-state index in [1.165, 1.54) is 23.1 Å². The van der Waals surface area contributed by atoms with Gasteiger partial charge in [0.05, 0.1) is 4.91 Å². The van der Waals surface area contributed by atoms with Crippen LogP contribution in [0.2, 0.25) is 0 Å². The van der Waals surface area contributed by atoms with E-state index in [1.54, 1.807) is 6.07 Å². The summed E-state index contributed by atoms with van der Waals surface area (Å²) in [5.74, 6) is -0.789. The summed E-state index contributed by atoms with van der Waals surface area (Å²) in [4.78, 5) is 25.4. The summed E-state index contributed by atoms with van der Waals surface area (Å²) in [7, 11) is 0. The van der Waals surface area contributed by atoms with Crippen LogP contribution in [0.4, 0.5) is 4.79 Å². The number of benzene rings is 1. The van der Waals surface area contributed by atoms with Gasteiger partial charge in [0.25, 0.3) is 11.1 Å². The van der Waals surface area contributed by atoms with Crippen LogP contribution in [0.15, 0.2) is 23.1 Å². The van der Waals surface area contributed by atoms with Gasteiger partial charge < -0.3 is 10.2 Å². The van der Waals surface area contributed by atoms with E-state index in [0.29, 0.717) is 17.0 Å². The van der Waals surface area contributed by atoms with Gasteiger partial charge in [-0.15, -0.1) is 0 Å². The summed E-state index contributed by atoms with van der Waals surface area (Å²) in [6, 6.07) is 4.24. The van der Waals surface area contributed by atoms with Gasteiger partial charge in [-0.3, -0.25) is 14.5 Å². The van der Waals surface area contributed by atoms with E-state index in [4.69, 9.17) is 0 Å². The average Bonchev–Trinajstić information content (AvgIpc) is 2.67. The third kappa shape index (κ3) is 2.96. The summed E-state index contributed by atoms with van der Waals surface area (Å²) in [5.41, 5.74) is 0.557. The molecular formula is C14H15NO4S. The van der Waals surface area contributed by atoms with Gasteiger partial charge in [0.2, 0.25) is 0 Å². The van der Waals surface area contributed by atoms with E-state index in [2.05, 4.69) is 0 Å². The summed E-state index contributed by atoms with van der Waals surface area (Å²) in [5, 5.41) is 18.4. The fraction of sp³-hybridized carbons (Fsp3) is 0.286. The van der Waals surface area contributed by atoms with Gasteiger partial charge >= 0.3 is 0 Å². The molecule has 0 unspecified atom stereocenters. The highest BCUT2D eigenvalue weighted by Gasteiger charge is 2.34. The number of carbonyl (C=O) groups excluding carboxylic acids is 2. The number of hydrogen-bond donors (Lipinski definition) is 2. The highest BCUT2D eigenvalue weighted by atomic mass is 32.2. The molecule has 1 saturated heterocycles. The van der Waals surface area contributed by atoms with Crippen molar-refractivity contribution in [3.63, 3.8) is 0 Å². The Morgan fingerprint density at radius 2 is 2.00 bits per heavy atom. The minimum atomic E-state index is -0.305. The standard InChI is InChI=1S/C14H15NO4S/c1-2-3-6-15-13(18)12(20-14(15)19)8-9-4-5-10(16)11(17)7-9/h4-5,7-8,16-17H,2-3,6H2,1H3/b12-8-. The summed E-state index contributed by atoms with van der Waals surface area (Å²) in [6.07, 6.45) is 3.23. The minimum absolute atomic E-state index is 0.224. The maximum Gasteiger partial charge on any atom is 0.293 e. The third-order valence-corrected chi connectivity index (χ3v) is 3.81. The van der Waals surface area contributed by atoms with Crippen LogP contribution in [-0.2, 0) is 4.79 Å². The molecule has 1 aliphatic rings. The van der Waals surface area contributed by atoms with Crippen molar-refractivity contribution in [2.75, 3.05) is 6.54 Å². The van der Waals surface area contributed by atoms with E-state index in [1.807, 2.05) is 6.92 Å². The van der Waals surface area contributed by atoms with Crippen LogP contribution in [0.1, 0.15) is 25.3 Å². The molecule has 1 heterocycles. The molecule has 1 aromatic carbocycles. The van der Waals surface area contributed by atoms with Gasteiger partial charge in [-0.25, -0.2) is 0 Å². The molecule has 0 aliphatic carbocycles. The zero-order valence-electron chi connectivity index (χ0n) is 11.0. The molecular weight excluding hydrogens is 278 g/mol. The van der Waals surface area contributed by atoms with E-state index in [0.717, 1.165) is 24.6 Å². The van der Waals surface area contributed by atoms with E-state index in [9.17, 15) is 19.8 Å². The van der Waals surface area contributed by atoms with Crippen molar-refractivity contribution in [1.29, 1.82) is 0 Å². The topological polar surface area (TPSA) is 77.8 Å². The Hall–Kier alpha value is -1.95. The molecule has 2 rings (SSSR count). The Bertz CT molecular complexity index is 583. The smallest absolute Gasteiger partial charge is 0.293 e. The number of nitrogens with zero attached hydrogens (tertiary/aromatic N) is 1. The van der Waals surface area contributed by atoms with E-state index in [-0.39, 0.29) is 22.6 Å². The fourth-order valence-electron chi connectivity index (χ4n) is 1.79. The first-order valence-corrected chi connectivity index (χ1v) is 7.12.